The number of carbonyl (C=O) groups excluding carboxylic acids is 2. The number of fused-ring (bicyclic) bond motifs is 3. The van der Waals surface area contributed by atoms with E-state index in [9.17, 15) is 31.9 Å². The Morgan fingerprint density at radius 2 is 1.90 bits per heavy atom. The third-order valence-corrected chi connectivity index (χ3v) is 6.71. The molecule has 40 heavy (non-hydrogen) atoms. The number of hydrogen-bond donors (Lipinski definition) is 2. The van der Waals surface area contributed by atoms with Crippen molar-refractivity contribution in [2.75, 3.05) is 19.0 Å². The highest BCUT2D eigenvalue weighted by molar-refractivity contribution is 6.30. The normalized spacial score (nSPS) is 15.8. The summed E-state index contributed by atoms with van der Waals surface area (Å²) in [5.41, 5.74) is 5.31. The third-order valence-electron chi connectivity index (χ3n) is 6.47. The highest BCUT2D eigenvalue weighted by atomic mass is 35.5. The van der Waals surface area contributed by atoms with Gasteiger partial charge in [0.05, 0.1) is 12.2 Å². The van der Waals surface area contributed by atoms with Crippen molar-refractivity contribution in [1.29, 1.82) is 0 Å². The van der Waals surface area contributed by atoms with E-state index in [4.69, 9.17) is 26.8 Å². The minimum absolute atomic E-state index is 0.00265. The van der Waals surface area contributed by atoms with Crippen LogP contribution in [0, 0.1) is 5.82 Å². The quantitative estimate of drug-likeness (QED) is 0.395. The van der Waals surface area contributed by atoms with E-state index in [1.165, 1.54) is 43.6 Å². The van der Waals surface area contributed by atoms with Crippen LogP contribution in [0.2, 0.25) is 5.02 Å². The first-order chi connectivity index (χ1) is 18.9. The standard InChI is InChI=1S/C27H24ClF4N3O5/c1-39-7-6-22(26(38)34-17-4-5-18(25(33)37)21(29)10-17)35-12-15-13-40-23(27(30,31)32)8-14-2-3-16(28)9-19(14)20(15)11-24(35)36/h2-5,9-12,22-23H,6-8,13H2,1H3,(H2,33,37)(H,34,38)/t22-,23?/m0/s1. The molecule has 0 fully saturated rings. The lowest BCUT2D eigenvalue weighted by atomic mass is 9.92. The number of hydrogen-bond acceptors (Lipinski definition) is 5. The number of amides is 2. The van der Waals surface area contributed by atoms with Gasteiger partial charge >= 0.3 is 6.18 Å². The molecule has 0 bridgehead atoms. The van der Waals surface area contributed by atoms with Gasteiger partial charge in [-0.2, -0.15) is 13.2 Å². The number of benzene rings is 2. The Morgan fingerprint density at radius 1 is 1.18 bits per heavy atom. The lowest BCUT2D eigenvalue weighted by Gasteiger charge is -2.27. The zero-order chi connectivity index (χ0) is 29.2. The van der Waals surface area contributed by atoms with Crippen molar-refractivity contribution in [2.24, 2.45) is 5.73 Å². The number of nitrogens with zero attached hydrogens (tertiary/aromatic N) is 1. The number of halogens is 5. The van der Waals surface area contributed by atoms with Crippen LogP contribution in [0.3, 0.4) is 0 Å². The van der Waals surface area contributed by atoms with Gasteiger partial charge in [0.15, 0.2) is 6.10 Å². The van der Waals surface area contributed by atoms with Gasteiger partial charge in [-0.05, 0) is 47.0 Å². The van der Waals surface area contributed by atoms with Gasteiger partial charge in [-0.25, -0.2) is 4.39 Å². The molecule has 1 aliphatic heterocycles. The maximum Gasteiger partial charge on any atom is 0.414 e. The fourth-order valence-corrected chi connectivity index (χ4v) is 4.65. The van der Waals surface area contributed by atoms with Crippen molar-refractivity contribution in [3.63, 3.8) is 0 Å². The summed E-state index contributed by atoms with van der Waals surface area (Å²) in [4.78, 5) is 37.9. The van der Waals surface area contributed by atoms with Gasteiger partial charge in [0, 0.05) is 55.1 Å². The summed E-state index contributed by atoms with van der Waals surface area (Å²) < 4.78 is 66.7. The van der Waals surface area contributed by atoms with Gasteiger partial charge in [0.1, 0.15) is 11.9 Å². The number of anilines is 1. The fraction of sp³-hybridized carbons (Fsp3) is 0.296. The molecule has 3 aromatic rings. The topological polar surface area (TPSA) is 113 Å². The number of rotatable bonds is 7. The summed E-state index contributed by atoms with van der Waals surface area (Å²) in [7, 11) is 1.39. The van der Waals surface area contributed by atoms with Crippen LogP contribution in [0.4, 0.5) is 23.2 Å². The number of nitrogens with one attached hydrogen (secondary N) is 1. The van der Waals surface area contributed by atoms with Gasteiger partial charge in [-0.15, -0.1) is 0 Å². The van der Waals surface area contributed by atoms with Crippen molar-refractivity contribution >= 4 is 29.1 Å². The molecule has 0 saturated heterocycles. The van der Waals surface area contributed by atoms with E-state index in [1.54, 1.807) is 0 Å². The fourth-order valence-electron chi connectivity index (χ4n) is 4.48. The van der Waals surface area contributed by atoms with Crippen molar-refractivity contribution in [3.8, 4) is 11.1 Å². The number of carbonyl (C=O) groups is 2. The smallest absolute Gasteiger partial charge is 0.385 e. The predicted octanol–water partition coefficient (Wildman–Crippen LogP) is 4.63. The number of primary amides is 1. The summed E-state index contributed by atoms with van der Waals surface area (Å²) in [6, 6.07) is 7.70. The number of pyridine rings is 1. The molecule has 1 aliphatic rings. The maximum absolute atomic E-state index is 14.2. The number of nitrogens with two attached hydrogens (primary N) is 1. The Kier molecular flexibility index (Phi) is 8.62. The van der Waals surface area contributed by atoms with Crippen LogP contribution in [0.1, 0.15) is 33.9 Å². The molecule has 1 unspecified atom stereocenters. The molecule has 2 heterocycles. The van der Waals surface area contributed by atoms with E-state index >= 15 is 0 Å². The van der Waals surface area contributed by atoms with Gasteiger partial charge < -0.3 is 25.1 Å². The molecule has 4 rings (SSSR count). The highest BCUT2D eigenvalue weighted by Gasteiger charge is 2.42. The molecule has 0 radical (unpaired) electrons. The Hall–Kier alpha value is -3.74. The first kappa shape index (κ1) is 29.2. The monoisotopic (exact) mass is 581 g/mol. The Balaban J connectivity index is 1.76. The zero-order valence-electron chi connectivity index (χ0n) is 21.1. The molecule has 3 N–H and O–H groups in total. The van der Waals surface area contributed by atoms with E-state index in [1.807, 2.05) is 0 Å². The van der Waals surface area contributed by atoms with Crippen LogP contribution in [0.5, 0.6) is 0 Å². The van der Waals surface area contributed by atoms with Crippen molar-refractivity contribution in [1.82, 2.24) is 4.57 Å². The van der Waals surface area contributed by atoms with Gasteiger partial charge in [0.25, 0.3) is 11.5 Å². The van der Waals surface area contributed by atoms with E-state index in [-0.39, 0.29) is 34.9 Å². The summed E-state index contributed by atoms with van der Waals surface area (Å²) >= 11 is 6.14. The second kappa shape index (κ2) is 11.8. The Bertz CT molecular complexity index is 1510. The molecule has 13 heteroatoms. The first-order valence-electron chi connectivity index (χ1n) is 12.0. The summed E-state index contributed by atoms with van der Waals surface area (Å²) in [5.74, 6) is -2.67. The minimum atomic E-state index is -4.65. The van der Waals surface area contributed by atoms with E-state index < -0.39 is 54.5 Å². The molecule has 2 amide bonds. The molecular weight excluding hydrogens is 558 g/mol. The molecule has 0 aliphatic carbocycles. The van der Waals surface area contributed by atoms with Gasteiger partial charge in [-0.3, -0.25) is 14.4 Å². The molecule has 2 atom stereocenters. The SMILES string of the molecule is COCC[C@@H](C(=O)Nc1ccc(C(N)=O)c(F)c1)n1cc2c(cc1=O)-c1cc(Cl)ccc1CC(C(F)(F)F)OC2. The third kappa shape index (κ3) is 6.35. The largest absolute Gasteiger partial charge is 0.414 e. The minimum Gasteiger partial charge on any atom is -0.385 e. The Labute approximate surface area is 230 Å². The maximum atomic E-state index is 14.2. The van der Waals surface area contributed by atoms with Crippen LogP contribution in [-0.4, -0.2) is 42.4 Å². The average Bonchev–Trinajstić information content (AvgIpc) is 2.86. The zero-order valence-corrected chi connectivity index (χ0v) is 21.8. The Morgan fingerprint density at radius 3 is 2.55 bits per heavy atom. The van der Waals surface area contributed by atoms with Crippen LogP contribution < -0.4 is 16.6 Å². The van der Waals surface area contributed by atoms with Crippen LogP contribution in [0.25, 0.3) is 11.1 Å². The number of ether oxygens (including phenoxy) is 2. The molecule has 8 nitrogen and oxygen atoms in total. The molecule has 1 aromatic heterocycles. The van der Waals surface area contributed by atoms with Gasteiger partial charge in [-0.1, -0.05) is 17.7 Å². The van der Waals surface area contributed by atoms with Crippen LogP contribution in [0.15, 0.2) is 53.5 Å². The molecule has 212 valence electrons. The molecule has 0 saturated carbocycles. The van der Waals surface area contributed by atoms with Crippen LogP contribution in [-0.2, 0) is 27.3 Å². The average molecular weight is 582 g/mol. The van der Waals surface area contributed by atoms with Crippen LogP contribution >= 0.6 is 11.6 Å². The van der Waals surface area contributed by atoms with Gasteiger partial charge in [0.2, 0.25) is 5.91 Å². The second-order valence-electron chi connectivity index (χ2n) is 9.15. The van der Waals surface area contributed by atoms with E-state index in [0.717, 1.165) is 16.7 Å². The van der Waals surface area contributed by atoms with E-state index in [0.29, 0.717) is 16.7 Å². The molecule has 0 spiro atoms. The predicted molar refractivity (Wildman–Crippen MR) is 139 cm³/mol. The number of methoxy groups -OCH3 is 1. The lowest BCUT2D eigenvalue weighted by molar-refractivity contribution is -0.223. The lowest BCUT2D eigenvalue weighted by Crippen LogP contribution is -2.36. The van der Waals surface area contributed by atoms with E-state index in [2.05, 4.69) is 5.32 Å². The first-order valence-corrected chi connectivity index (χ1v) is 12.4. The number of aromatic nitrogens is 1. The van der Waals surface area contributed by atoms with Crippen molar-refractivity contribution in [2.45, 2.75) is 37.8 Å². The highest BCUT2D eigenvalue weighted by Crippen LogP contribution is 2.36. The molecular formula is C27H24ClF4N3O5. The second-order valence-corrected chi connectivity index (χ2v) is 9.59. The summed E-state index contributed by atoms with van der Waals surface area (Å²) in [6.45, 7) is -0.453. The van der Waals surface area contributed by atoms with Crippen molar-refractivity contribution < 1.29 is 36.6 Å². The number of alkyl halides is 3. The molecule has 2 aromatic carbocycles. The summed E-state index contributed by atoms with van der Waals surface area (Å²) in [6.07, 6.45) is -5.95. The van der Waals surface area contributed by atoms with Crippen molar-refractivity contribution in [3.05, 3.63) is 86.5 Å². The summed E-state index contributed by atoms with van der Waals surface area (Å²) in [5, 5.41) is 2.76.